The fraction of sp³-hybridized carbons (Fsp3) is 0.278. The van der Waals surface area contributed by atoms with Gasteiger partial charge in [0.1, 0.15) is 11.6 Å². The summed E-state index contributed by atoms with van der Waals surface area (Å²) in [5, 5.41) is 0. The van der Waals surface area contributed by atoms with Gasteiger partial charge in [0.05, 0.1) is 5.41 Å². The van der Waals surface area contributed by atoms with Crippen molar-refractivity contribution in [3.63, 3.8) is 0 Å². The molecular weight excluding hydrogens is 278 g/mol. The second-order valence-electron chi connectivity index (χ2n) is 5.92. The average molecular weight is 295 g/mol. The molecule has 1 aromatic carbocycles. The predicted octanol–water partition coefficient (Wildman–Crippen LogP) is 2.10. The maximum Gasteiger partial charge on any atom is 0.255 e. The summed E-state index contributed by atoms with van der Waals surface area (Å²) in [6.07, 6.45) is 2.47. The smallest absolute Gasteiger partial charge is 0.255 e. The molecule has 4 heteroatoms. The molecule has 3 rings (SSSR count). The number of carbonyl (C=O) groups excluding carboxylic acids is 2. The molecule has 0 radical (unpaired) electrons. The zero-order valence-electron chi connectivity index (χ0n) is 12.6. The molecule has 112 valence electrons. The van der Waals surface area contributed by atoms with Crippen molar-refractivity contribution in [2.24, 2.45) is 5.41 Å². The van der Waals surface area contributed by atoms with Gasteiger partial charge in [-0.1, -0.05) is 18.2 Å². The van der Waals surface area contributed by atoms with E-state index in [4.69, 9.17) is 0 Å². The van der Waals surface area contributed by atoms with Crippen LogP contribution in [0, 0.1) is 5.41 Å². The molecule has 0 spiro atoms. The number of benzene rings is 1. The maximum absolute atomic E-state index is 12.3. The molecule has 1 aliphatic rings. The number of hydrogen-bond acceptors (Lipinski definition) is 3. The van der Waals surface area contributed by atoms with Gasteiger partial charge in [0.25, 0.3) is 5.56 Å². The first-order valence-electron chi connectivity index (χ1n) is 7.26. The monoisotopic (exact) mass is 295 g/mol. The third-order valence-corrected chi connectivity index (χ3v) is 4.60. The Bertz CT molecular complexity index is 804. The fourth-order valence-corrected chi connectivity index (χ4v) is 3.19. The van der Waals surface area contributed by atoms with Gasteiger partial charge in [-0.15, -0.1) is 0 Å². The summed E-state index contributed by atoms with van der Waals surface area (Å²) < 4.78 is 1.56. The van der Waals surface area contributed by atoms with E-state index in [1.165, 1.54) is 13.8 Å². The van der Waals surface area contributed by atoms with Crippen LogP contribution in [0.4, 0.5) is 0 Å². The Morgan fingerprint density at radius 3 is 2.18 bits per heavy atom. The van der Waals surface area contributed by atoms with Crippen molar-refractivity contribution < 1.29 is 9.59 Å². The van der Waals surface area contributed by atoms with Crippen LogP contribution in [0.5, 0.6) is 0 Å². The van der Waals surface area contributed by atoms with Gasteiger partial charge in [0, 0.05) is 18.0 Å². The Balaban J connectivity index is 2.11. The van der Waals surface area contributed by atoms with Gasteiger partial charge in [-0.05, 0) is 49.9 Å². The topological polar surface area (TPSA) is 56.1 Å². The molecule has 0 unspecified atom stereocenters. The Kier molecular flexibility index (Phi) is 3.32. The van der Waals surface area contributed by atoms with Gasteiger partial charge in [-0.25, -0.2) is 0 Å². The van der Waals surface area contributed by atoms with Crippen LogP contribution in [0.3, 0.4) is 0 Å². The zero-order chi connectivity index (χ0) is 15.9. The minimum atomic E-state index is -0.995. The third kappa shape index (κ3) is 2.11. The molecule has 0 bridgehead atoms. The molecule has 2 aromatic rings. The zero-order valence-corrected chi connectivity index (χ0v) is 12.6. The highest BCUT2D eigenvalue weighted by molar-refractivity contribution is 6.06. The summed E-state index contributed by atoms with van der Waals surface area (Å²) in [5.74, 6) is -0.259. The lowest BCUT2D eigenvalue weighted by molar-refractivity contribution is -0.137. The molecule has 22 heavy (non-hydrogen) atoms. The van der Waals surface area contributed by atoms with E-state index >= 15 is 0 Å². The lowest BCUT2D eigenvalue weighted by atomic mass is 9.77. The second kappa shape index (κ2) is 5.05. The summed E-state index contributed by atoms with van der Waals surface area (Å²) >= 11 is 0. The van der Waals surface area contributed by atoms with Crippen molar-refractivity contribution in [3.05, 3.63) is 64.1 Å². The number of para-hydroxylation sites is 1. The van der Waals surface area contributed by atoms with Crippen LogP contribution in [0.2, 0.25) is 0 Å². The maximum atomic E-state index is 12.3. The molecule has 0 atom stereocenters. The van der Waals surface area contributed by atoms with Crippen LogP contribution in [-0.4, -0.2) is 16.1 Å². The normalized spacial score (nSPS) is 15.4. The number of rotatable bonds is 3. The predicted molar refractivity (Wildman–Crippen MR) is 83.2 cm³/mol. The highest BCUT2D eigenvalue weighted by Crippen LogP contribution is 2.38. The molecule has 0 aliphatic heterocycles. The Morgan fingerprint density at radius 1 is 1.00 bits per heavy atom. The quantitative estimate of drug-likeness (QED) is 0.815. The Morgan fingerprint density at radius 2 is 1.59 bits per heavy atom. The highest BCUT2D eigenvalue weighted by atomic mass is 16.2. The largest absolute Gasteiger partial charge is 0.299 e. The Hall–Kier alpha value is -2.49. The molecule has 0 N–H and O–H groups in total. The van der Waals surface area contributed by atoms with E-state index in [0.717, 1.165) is 16.8 Å². The van der Waals surface area contributed by atoms with Crippen molar-refractivity contribution in [3.8, 4) is 5.69 Å². The van der Waals surface area contributed by atoms with E-state index in [1.807, 2.05) is 30.3 Å². The van der Waals surface area contributed by atoms with Gasteiger partial charge in [0.15, 0.2) is 0 Å². The molecule has 4 nitrogen and oxygen atoms in total. The number of hydrogen-bond donors (Lipinski definition) is 0. The van der Waals surface area contributed by atoms with Gasteiger partial charge in [-0.2, -0.15) is 0 Å². The van der Waals surface area contributed by atoms with Gasteiger partial charge in [-0.3, -0.25) is 19.0 Å². The summed E-state index contributed by atoms with van der Waals surface area (Å²) in [5.41, 5.74) is 1.34. The van der Waals surface area contributed by atoms with Crippen LogP contribution in [-0.2, 0) is 22.4 Å². The lowest BCUT2D eigenvalue weighted by Gasteiger charge is -2.21. The fourth-order valence-electron chi connectivity index (χ4n) is 3.19. The molecule has 1 aliphatic carbocycles. The number of nitrogens with zero attached hydrogens (tertiary/aromatic N) is 1. The van der Waals surface area contributed by atoms with Crippen LogP contribution < -0.4 is 5.56 Å². The van der Waals surface area contributed by atoms with Crippen molar-refractivity contribution >= 4 is 11.6 Å². The van der Waals surface area contributed by atoms with E-state index in [1.54, 1.807) is 16.8 Å². The van der Waals surface area contributed by atoms with Crippen molar-refractivity contribution in [1.82, 2.24) is 4.57 Å². The van der Waals surface area contributed by atoms with Crippen LogP contribution >= 0.6 is 0 Å². The molecule has 0 saturated carbocycles. The van der Waals surface area contributed by atoms with Crippen LogP contribution in [0.25, 0.3) is 5.69 Å². The average Bonchev–Trinajstić information content (AvgIpc) is 2.87. The van der Waals surface area contributed by atoms with E-state index in [0.29, 0.717) is 12.8 Å². The summed E-state index contributed by atoms with van der Waals surface area (Å²) in [6.45, 7) is 2.91. The van der Waals surface area contributed by atoms with E-state index in [2.05, 4.69) is 0 Å². The number of Topliss-reactive ketones (excluding diaryl/α,β-unsaturated/α-hetero) is 2. The third-order valence-electron chi connectivity index (χ3n) is 4.60. The number of aromatic nitrogens is 1. The van der Waals surface area contributed by atoms with Gasteiger partial charge in [0.2, 0.25) is 0 Å². The van der Waals surface area contributed by atoms with Crippen molar-refractivity contribution in [2.75, 3.05) is 0 Å². The molecular formula is C18H17NO3. The number of fused-ring (bicyclic) bond motifs is 1. The SMILES string of the molecule is CC(=O)C1(C(C)=O)Cc2cc(=O)n(-c3ccccc3)cc2C1. The van der Waals surface area contributed by atoms with Gasteiger partial charge < -0.3 is 0 Å². The summed E-state index contributed by atoms with van der Waals surface area (Å²) in [7, 11) is 0. The van der Waals surface area contributed by atoms with E-state index < -0.39 is 5.41 Å². The minimum Gasteiger partial charge on any atom is -0.299 e. The standard InChI is InChI=1S/C18H17NO3/c1-12(20)18(13(2)21)9-14-8-17(22)19(11-15(14)10-18)16-6-4-3-5-7-16/h3-8,11H,9-10H2,1-2H3. The van der Waals surface area contributed by atoms with Crippen LogP contribution in [0.1, 0.15) is 25.0 Å². The number of carbonyl (C=O) groups is 2. The van der Waals surface area contributed by atoms with Crippen LogP contribution in [0.15, 0.2) is 47.4 Å². The van der Waals surface area contributed by atoms with Crippen molar-refractivity contribution in [2.45, 2.75) is 26.7 Å². The molecule has 1 aromatic heterocycles. The molecule has 0 amide bonds. The lowest BCUT2D eigenvalue weighted by Crippen LogP contribution is -2.37. The van der Waals surface area contributed by atoms with E-state index in [9.17, 15) is 14.4 Å². The minimum absolute atomic E-state index is 0.130. The van der Waals surface area contributed by atoms with E-state index in [-0.39, 0.29) is 17.1 Å². The molecule has 0 fully saturated rings. The summed E-state index contributed by atoms with van der Waals surface area (Å²) in [6, 6.07) is 10.9. The first-order chi connectivity index (χ1) is 10.4. The van der Waals surface area contributed by atoms with Gasteiger partial charge >= 0.3 is 0 Å². The molecule has 1 heterocycles. The molecule has 0 saturated heterocycles. The second-order valence-corrected chi connectivity index (χ2v) is 5.92. The first kappa shape index (κ1) is 14.4. The number of pyridine rings is 1. The first-order valence-corrected chi connectivity index (χ1v) is 7.26. The Labute approximate surface area is 128 Å². The van der Waals surface area contributed by atoms with Crippen molar-refractivity contribution in [1.29, 1.82) is 0 Å². The highest BCUT2D eigenvalue weighted by Gasteiger charge is 2.45. The number of ketones is 2. The summed E-state index contributed by atoms with van der Waals surface area (Å²) in [4.78, 5) is 36.3.